The minimum atomic E-state index is -4.14. The predicted molar refractivity (Wildman–Crippen MR) is 161 cm³/mol. The van der Waals surface area contributed by atoms with Gasteiger partial charge in [-0.3, -0.25) is 13.9 Å². The monoisotopic (exact) mass is 583 g/mol. The summed E-state index contributed by atoms with van der Waals surface area (Å²) in [5.74, 6) is -0.758. The molecule has 3 rings (SSSR count). The summed E-state index contributed by atoms with van der Waals surface area (Å²) in [6, 6.07) is 20.3. The van der Waals surface area contributed by atoms with E-state index in [1.807, 2.05) is 44.2 Å². The van der Waals surface area contributed by atoms with Crippen LogP contribution in [-0.2, 0) is 26.0 Å². The van der Waals surface area contributed by atoms with Crippen LogP contribution < -0.4 is 9.62 Å². The van der Waals surface area contributed by atoms with Gasteiger partial charge >= 0.3 is 0 Å². The number of hydrogen-bond donors (Lipinski definition) is 1. The van der Waals surface area contributed by atoms with Gasteiger partial charge in [0, 0.05) is 18.1 Å². The Morgan fingerprint density at radius 3 is 2.30 bits per heavy atom. The summed E-state index contributed by atoms with van der Waals surface area (Å²) >= 11 is 6.28. The van der Waals surface area contributed by atoms with E-state index < -0.39 is 28.5 Å². The smallest absolute Gasteiger partial charge is 0.264 e. The lowest BCUT2D eigenvalue weighted by atomic mass is 10.1. The molecule has 3 aromatic carbocycles. The first-order chi connectivity index (χ1) is 19.0. The summed E-state index contributed by atoms with van der Waals surface area (Å²) in [6.07, 6.45) is 2.27. The fourth-order valence-corrected chi connectivity index (χ4v) is 5.95. The van der Waals surface area contributed by atoms with E-state index >= 15 is 0 Å². The number of benzene rings is 3. The van der Waals surface area contributed by atoms with E-state index in [1.54, 1.807) is 44.2 Å². The quantitative estimate of drug-likeness (QED) is 0.268. The van der Waals surface area contributed by atoms with Crippen molar-refractivity contribution in [3.8, 4) is 0 Å². The molecule has 0 heterocycles. The minimum Gasteiger partial charge on any atom is -0.354 e. The van der Waals surface area contributed by atoms with Crippen LogP contribution in [0, 0.1) is 13.8 Å². The number of hydrogen-bond acceptors (Lipinski definition) is 4. The van der Waals surface area contributed by atoms with Crippen molar-refractivity contribution in [1.82, 2.24) is 10.2 Å². The van der Waals surface area contributed by atoms with Crippen LogP contribution >= 0.6 is 11.6 Å². The van der Waals surface area contributed by atoms with Gasteiger partial charge < -0.3 is 10.2 Å². The first kappa shape index (κ1) is 31.2. The van der Waals surface area contributed by atoms with Crippen LogP contribution in [0.5, 0.6) is 0 Å². The normalized spacial score (nSPS) is 12.0. The zero-order valence-electron chi connectivity index (χ0n) is 23.6. The third kappa shape index (κ3) is 8.08. The van der Waals surface area contributed by atoms with E-state index in [0.717, 1.165) is 28.3 Å². The maximum atomic E-state index is 14.0. The third-order valence-electron chi connectivity index (χ3n) is 6.81. The molecule has 0 saturated carbocycles. The van der Waals surface area contributed by atoms with Crippen LogP contribution in [0.2, 0.25) is 5.02 Å². The Labute approximate surface area is 243 Å². The SMILES string of the molecule is CCCCNC(=O)[C@H](C)N(CCc1ccccc1)C(=O)CN(c1cc(Cl)ccc1C)S(=O)(=O)c1ccc(C)cc1. The van der Waals surface area contributed by atoms with Crippen LogP contribution in [0.25, 0.3) is 0 Å². The molecule has 1 atom stereocenters. The molecule has 7 nitrogen and oxygen atoms in total. The summed E-state index contributed by atoms with van der Waals surface area (Å²) in [5.41, 5.74) is 2.88. The van der Waals surface area contributed by atoms with Gasteiger partial charge in [0.2, 0.25) is 11.8 Å². The van der Waals surface area contributed by atoms with E-state index in [0.29, 0.717) is 29.2 Å². The van der Waals surface area contributed by atoms with Gasteiger partial charge in [0.05, 0.1) is 10.6 Å². The standard InChI is InChI=1S/C31H38ClN3O4S/c1-5-6-19-33-31(37)25(4)34(20-18-26-10-8-7-9-11-26)30(36)22-35(29-21-27(32)15-14-24(29)3)40(38,39)28-16-12-23(2)13-17-28/h7-17,21,25H,5-6,18-20,22H2,1-4H3,(H,33,37)/t25-/m0/s1. The number of nitrogens with zero attached hydrogens (tertiary/aromatic N) is 2. The molecule has 0 saturated heterocycles. The number of aryl methyl sites for hydroxylation is 2. The zero-order chi connectivity index (χ0) is 29.3. The lowest BCUT2D eigenvalue weighted by Gasteiger charge is -2.32. The number of nitrogens with one attached hydrogen (secondary N) is 1. The molecule has 0 fully saturated rings. The Morgan fingerprint density at radius 2 is 1.65 bits per heavy atom. The number of sulfonamides is 1. The second-order valence-electron chi connectivity index (χ2n) is 9.90. The molecule has 0 aliphatic carbocycles. The van der Waals surface area contributed by atoms with Crippen molar-refractivity contribution in [3.63, 3.8) is 0 Å². The van der Waals surface area contributed by atoms with Crippen molar-refractivity contribution in [2.24, 2.45) is 0 Å². The van der Waals surface area contributed by atoms with Gasteiger partial charge in [-0.15, -0.1) is 0 Å². The largest absolute Gasteiger partial charge is 0.354 e. The van der Waals surface area contributed by atoms with Gasteiger partial charge in [0.25, 0.3) is 10.0 Å². The number of anilines is 1. The molecular weight excluding hydrogens is 546 g/mol. The second kappa shape index (κ2) is 14.3. The average Bonchev–Trinajstić information content (AvgIpc) is 2.94. The molecule has 9 heteroatoms. The third-order valence-corrected chi connectivity index (χ3v) is 8.82. The molecule has 2 amide bonds. The Hall–Kier alpha value is -3.36. The van der Waals surface area contributed by atoms with Crippen molar-refractivity contribution in [2.75, 3.05) is 23.9 Å². The highest BCUT2D eigenvalue weighted by Gasteiger charge is 2.33. The summed E-state index contributed by atoms with van der Waals surface area (Å²) in [4.78, 5) is 28.5. The van der Waals surface area contributed by atoms with Gasteiger partial charge in [0.1, 0.15) is 12.6 Å². The summed E-state index contributed by atoms with van der Waals surface area (Å²) in [5, 5.41) is 3.25. The number of amides is 2. The van der Waals surface area contributed by atoms with Crippen LogP contribution in [-0.4, -0.2) is 50.8 Å². The Balaban J connectivity index is 1.99. The van der Waals surface area contributed by atoms with Crippen LogP contribution in [0.1, 0.15) is 43.4 Å². The van der Waals surface area contributed by atoms with Crippen LogP contribution in [0.3, 0.4) is 0 Å². The van der Waals surface area contributed by atoms with Crippen LogP contribution in [0.15, 0.2) is 77.7 Å². The molecule has 0 aliphatic heterocycles. The first-order valence-electron chi connectivity index (χ1n) is 13.5. The van der Waals surface area contributed by atoms with Crippen molar-refractivity contribution < 1.29 is 18.0 Å². The van der Waals surface area contributed by atoms with Gasteiger partial charge in [-0.2, -0.15) is 0 Å². The molecule has 0 aromatic heterocycles. The van der Waals surface area contributed by atoms with Gasteiger partial charge in [0.15, 0.2) is 0 Å². The number of rotatable bonds is 13. The van der Waals surface area contributed by atoms with Gasteiger partial charge in [-0.1, -0.05) is 79.0 Å². The highest BCUT2D eigenvalue weighted by molar-refractivity contribution is 7.92. The fraction of sp³-hybridized carbons (Fsp3) is 0.355. The number of carbonyl (C=O) groups is 2. The van der Waals surface area contributed by atoms with Gasteiger partial charge in [-0.05, 0) is 69.0 Å². The summed E-state index contributed by atoms with van der Waals surface area (Å²) in [6.45, 7) is 7.62. The Kier molecular flexibility index (Phi) is 11.2. The lowest BCUT2D eigenvalue weighted by Crippen LogP contribution is -2.52. The minimum absolute atomic E-state index is 0.0615. The van der Waals surface area contributed by atoms with Crippen LogP contribution in [0.4, 0.5) is 5.69 Å². The summed E-state index contributed by atoms with van der Waals surface area (Å²) < 4.78 is 29.0. The maximum absolute atomic E-state index is 14.0. The van der Waals surface area contributed by atoms with E-state index in [4.69, 9.17) is 11.6 Å². The zero-order valence-corrected chi connectivity index (χ0v) is 25.1. The molecule has 1 N–H and O–H groups in total. The molecular formula is C31H38ClN3O4S. The molecule has 0 spiro atoms. The van der Waals surface area contributed by atoms with Gasteiger partial charge in [-0.25, -0.2) is 8.42 Å². The molecule has 40 heavy (non-hydrogen) atoms. The highest BCUT2D eigenvalue weighted by Crippen LogP contribution is 2.30. The average molecular weight is 584 g/mol. The second-order valence-corrected chi connectivity index (χ2v) is 12.2. The molecule has 0 unspecified atom stereocenters. The number of unbranched alkanes of at least 4 members (excludes halogenated alkanes) is 1. The van der Waals surface area contributed by atoms with E-state index in [1.165, 1.54) is 17.0 Å². The van der Waals surface area contributed by atoms with E-state index in [9.17, 15) is 18.0 Å². The molecule has 3 aromatic rings. The van der Waals surface area contributed by atoms with Crippen molar-refractivity contribution in [3.05, 3.63) is 94.5 Å². The fourth-order valence-electron chi connectivity index (χ4n) is 4.31. The van der Waals surface area contributed by atoms with Crippen molar-refractivity contribution >= 4 is 39.1 Å². The molecule has 0 bridgehead atoms. The highest BCUT2D eigenvalue weighted by atomic mass is 35.5. The number of halogens is 1. The predicted octanol–water partition coefficient (Wildman–Crippen LogP) is 5.53. The Morgan fingerprint density at radius 1 is 0.975 bits per heavy atom. The Bertz CT molecular complexity index is 1400. The van der Waals surface area contributed by atoms with E-state index in [2.05, 4.69) is 5.32 Å². The van der Waals surface area contributed by atoms with Crippen molar-refractivity contribution in [2.45, 2.75) is 57.9 Å². The first-order valence-corrected chi connectivity index (χ1v) is 15.3. The molecule has 0 aliphatic rings. The topological polar surface area (TPSA) is 86.8 Å². The lowest BCUT2D eigenvalue weighted by molar-refractivity contribution is -0.138. The molecule has 214 valence electrons. The number of carbonyl (C=O) groups excluding carboxylic acids is 2. The summed E-state index contributed by atoms with van der Waals surface area (Å²) in [7, 11) is -4.14. The van der Waals surface area contributed by atoms with E-state index in [-0.39, 0.29) is 17.3 Å². The van der Waals surface area contributed by atoms with Crippen molar-refractivity contribution in [1.29, 1.82) is 0 Å². The maximum Gasteiger partial charge on any atom is 0.264 e. The molecule has 0 radical (unpaired) electrons.